The molecule has 41 heavy (non-hydrogen) atoms. The summed E-state index contributed by atoms with van der Waals surface area (Å²) in [6.45, 7) is 9.08. The minimum atomic E-state index is -1.11. The van der Waals surface area contributed by atoms with Crippen molar-refractivity contribution in [2.45, 2.75) is 80.5 Å². The van der Waals surface area contributed by atoms with Crippen LogP contribution in [-0.2, 0) is 30.4 Å². The third-order valence-corrected chi connectivity index (χ3v) is 9.37. The van der Waals surface area contributed by atoms with Gasteiger partial charge in [0.15, 0.2) is 0 Å². The molecular weight excluding hydrogens is 588 g/mol. The van der Waals surface area contributed by atoms with Crippen molar-refractivity contribution in [1.29, 1.82) is 0 Å². The molecule has 224 valence electrons. The molecule has 1 N–H and O–H groups in total. The highest BCUT2D eigenvalue weighted by Crippen LogP contribution is 2.60. The molecule has 2 amide bonds. The molecule has 3 unspecified atom stereocenters. The van der Waals surface area contributed by atoms with Gasteiger partial charge < -0.3 is 24.4 Å². The van der Waals surface area contributed by atoms with Crippen molar-refractivity contribution in [2.24, 2.45) is 11.8 Å². The van der Waals surface area contributed by atoms with Gasteiger partial charge in [0.1, 0.15) is 11.6 Å². The number of ether oxygens (including phenoxy) is 2. The molecular formula is C32H43BrN2O6. The van der Waals surface area contributed by atoms with Gasteiger partial charge in [-0.2, -0.15) is 0 Å². The highest BCUT2D eigenvalue weighted by Gasteiger charge is 2.77. The van der Waals surface area contributed by atoms with E-state index in [1.165, 1.54) is 0 Å². The number of hydrogen-bond donors (Lipinski definition) is 1. The fourth-order valence-corrected chi connectivity index (χ4v) is 7.63. The summed E-state index contributed by atoms with van der Waals surface area (Å²) in [6.07, 6.45) is 8.95. The lowest BCUT2D eigenvalue weighted by Gasteiger charge is -2.37. The van der Waals surface area contributed by atoms with Crippen LogP contribution in [0.25, 0.3) is 0 Å². The first-order valence-electron chi connectivity index (χ1n) is 14.8. The first kappa shape index (κ1) is 31.4. The normalized spacial score (nSPS) is 28.0. The van der Waals surface area contributed by atoms with Crippen molar-refractivity contribution in [1.82, 2.24) is 9.80 Å². The Kier molecular flexibility index (Phi) is 11.2. The van der Waals surface area contributed by atoms with E-state index >= 15 is 0 Å². The molecule has 3 fully saturated rings. The van der Waals surface area contributed by atoms with Gasteiger partial charge >= 0.3 is 5.97 Å². The molecule has 1 spiro atoms. The lowest BCUT2D eigenvalue weighted by molar-refractivity contribution is -0.155. The van der Waals surface area contributed by atoms with Crippen LogP contribution in [0, 0.1) is 11.8 Å². The summed E-state index contributed by atoms with van der Waals surface area (Å²) in [6, 6.07) is 8.89. The lowest BCUT2D eigenvalue weighted by Crippen LogP contribution is -2.56. The zero-order chi connectivity index (χ0) is 29.4. The molecule has 2 bridgehead atoms. The number of amides is 2. The smallest absolute Gasteiger partial charge is 0.312 e. The number of likely N-dealkylation sites (tertiary alicyclic amines) is 1. The molecule has 3 saturated heterocycles. The Labute approximate surface area is 251 Å². The summed E-state index contributed by atoms with van der Waals surface area (Å²) in [7, 11) is 0. The molecule has 0 aromatic heterocycles. The second-order valence-electron chi connectivity index (χ2n) is 11.3. The van der Waals surface area contributed by atoms with Crippen LogP contribution < -0.4 is 0 Å². The van der Waals surface area contributed by atoms with E-state index in [1.807, 2.05) is 36.4 Å². The van der Waals surface area contributed by atoms with Gasteiger partial charge in [0.2, 0.25) is 11.8 Å². The van der Waals surface area contributed by atoms with Crippen molar-refractivity contribution in [3.05, 3.63) is 61.2 Å². The van der Waals surface area contributed by atoms with Crippen molar-refractivity contribution in [2.75, 3.05) is 26.3 Å². The molecule has 0 radical (unpaired) electrons. The molecule has 3 aliphatic heterocycles. The number of fused-ring (bicyclic) bond motifs is 1. The van der Waals surface area contributed by atoms with E-state index in [4.69, 9.17) is 14.6 Å². The topological polar surface area (TPSA) is 96.4 Å². The minimum Gasteiger partial charge on any atom is -0.465 e. The van der Waals surface area contributed by atoms with Crippen LogP contribution in [-0.4, -0.2) is 81.6 Å². The van der Waals surface area contributed by atoms with Crippen LogP contribution in [0.2, 0.25) is 0 Å². The van der Waals surface area contributed by atoms with Gasteiger partial charge in [-0.3, -0.25) is 14.4 Å². The average Bonchev–Trinajstić information content (AvgIpc) is 3.56. The maximum absolute atomic E-state index is 14.4. The minimum absolute atomic E-state index is 0.129. The van der Waals surface area contributed by atoms with Crippen molar-refractivity contribution in [3.63, 3.8) is 0 Å². The van der Waals surface area contributed by atoms with E-state index in [0.29, 0.717) is 45.3 Å². The molecule has 3 heterocycles. The van der Waals surface area contributed by atoms with Crippen LogP contribution in [0.15, 0.2) is 55.6 Å². The van der Waals surface area contributed by atoms with Crippen LogP contribution in [0.4, 0.5) is 0 Å². The molecule has 3 aliphatic rings. The summed E-state index contributed by atoms with van der Waals surface area (Å²) < 4.78 is 12.3. The zero-order valence-electron chi connectivity index (χ0n) is 23.8. The Hall–Kier alpha value is -2.49. The summed E-state index contributed by atoms with van der Waals surface area (Å²) in [5.41, 5.74) is -0.134. The number of hydrogen-bond acceptors (Lipinski definition) is 6. The maximum Gasteiger partial charge on any atom is 0.312 e. The molecule has 0 saturated carbocycles. The average molecular weight is 632 g/mol. The molecule has 1 aromatic carbocycles. The predicted molar refractivity (Wildman–Crippen MR) is 160 cm³/mol. The molecule has 6 atom stereocenters. The number of carbonyl (C=O) groups excluding carboxylic acids is 3. The van der Waals surface area contributed by atoms with Gasteiger partial charge in [0.05, 0.1) is 24.5 Å². The number of carbonyl (C=O) groups is 3. The zero-order valence-corrected chi connectivity index (χ0v) is 25.4. The Balaban J connectivity index is 1.62. The van der Waals surface area contributed by atoms with Gasteiger partial charge in [-0.05, 0) is 44.1 Å². The standard InChI is InChI=1S/C32H43BrN2O6/c1-3-5-6-14-20-40-31(39)25-26-29(37)35(18-12-7-8-13-19-36)28(32(26)21-24(33)27(25)41-32)30(38)34(17-4-2)22-23-15-10-9-11-16-23/h3-4,9-11,15-16,24-28,36H,1-2,5-8,12-14,17-22H2/t24?,25-,26+,27-,28?,32?/m1/s1. The van der Waals surface area contributed by atoms with Gasteiger partial charge in [0, 0.05) is 31.1 Å². The van der Waals surface area contributed by atoms with E-state index in [-0.39, 0.29) is 29.9 Å². The van der Waals surface area contributed by atoms with E-state index < -0.39 is 35.6 Å². The Morgan fingerprint density at radius 3 is 2.59 bits per heavy atom. The molecule has 8 nitrogen and oxygen atoms in total. The third kappa shape index (κ3) is 6.62. The Morgan fingerprint density at radius 2 is 1.88 bits per heavy atom. The molecule has 0 aliphatic carbocycles. The Bertz CT molecular complexity index is 1080. The quantitative estimate of drug-likeness (QED) is 0.119. The number of rotatable bonds is 17. The largest absolute Gasteiger partial charge is 0.465 e. The number of esters is 1. The highest BCUT2D eigenvalue weighted by molar-refractivity contribution is 9.09. The van der Waals surface area contributed by atoms with Crippen LogP contribution in [0.3, 0.4) is 0 Å². The number of aliphatic hydroxyl groups is 1. The fourth-order valence-electron chi connectivity index (χ4n) is 6.69. The summed E-state index contributed by atoms with van der Waals surface area (Å²) >= 11 is 3.72. The number of unbranched alkanes of at least 4 members (excludes halogenated alkanes) is 5. The third-order valence-electron chi connectivity index (χ3n) is 8.53. The van der Waals surface area contributed by atoms with E-state index in [0.717, 1.165) is 31.2 Å². The Morgan fingerprint density at radius 1 is 1.12 bits per heavy atom. The number of nitrogens with zero attached hydrogens (tertiary/aromatic N) is 2. The maximum atomic E-state index is 14.4. The van der Waals surface area contributed by atoms with Crippen molar-refractivity contribution >= 4 is 33.7 Å². The molecule has 4 rings (SSSR count). The van der Waals surface area contributed by atoms with E-state index in [1.54, 1.807) is 15.9 Å². The lowest BCUT2D eigenvalue weighted by atomic mass is 9.70. The van der Waals surface area contributed by atoms with Gasteiger partial charge in [-0.15, -0.1) is 13.2 Å². The monoisotopic (exact) mass is 630 g/mol. The van der Waals surface area contributed by atoms with Gasteiger partial charge in [-0.25, -0.2) is 0 Å². The number of halogens is 1. The van der Waals surface area contributed by atoms with Gasteiger partial charge in [0.25, 0.3) is 0 Å². The van der Waals surface area contributed by atoms with E-state index in [9.17, 15) is 14.4 Å². The second kappa shape index (κ2) is 14.6. The number of alkyl halides is 1. The van der Waals surface area contributed by atoms with Crippen molar-refractivity contribution < 1.29 is 29.0 Å². The predicted octanol–water partition coefficient (Wildman–Crippen LogP) is 4.40. The number of benzene rings is 1. The first-order valence-corrected chi connectivity index (χ1v) is 15.8. The molecule has 1 aromatic rings. The van der Waals surface area contributed by atoms with Crippen molar-refractivity contribution in [3.8, 4) is 0 Å². The van der Waals surface area contributed by atoms with Crippen LogP contribution in [0.1, 0.15) is 56.9 Å². The number of allylic oxidation sites excluding steroid dienone is 1. The SMILES string of the molecule is C=CCCCCOC(=O)[C@H]1[C@@H]2OC3(CC2Br)C(C(=O)N(CC=C)Cc2ccccc2)N(CCCCCCO)C(=O)[C@H]13. The summed E-state index contributed by atoms with van der Waals surface area (Å²) in [5, 5.41) is 9.16. The van der Waals surface area contributed by atoms with E-state index in [2.05, 4.69) is 29.1 Å². The van der Waals surface area contributed by atoms with Crippen LogP contribution >= 0.6 is 15.9 Å². The summed E-state index contributed by atoms with van der Waals surface area (Å²) in [5.74, 6) is -2.37. The molecule has 9 heteroatoms. The highest BCUT2D eigenvalue weighted by atomic mass is 79.9. The summed E-state index contributed by atoms with van der Waals surface area (Å²) in [4.78, 5) is 45.3. The van der Waals surface area contributed by atoms with Crippen LogP contribution in [0.5, 0.6) is 0 Å². The van der Waals surface area contributed by atoms with Gasteiger partial charge in [-0.1, -0.05) is 71.3 Å². The fraction of sp³-hybridized carbons (Fsp3) is 0.594. The number of aliphatic hydroxyl groups excluding tert-OH is 1. The second-order valence-corrected chi connectivity index (χ2v) is 12.5. The first-order chi connectivity index (χ1) is 19.9.